The Morgan fingerprint density at radius 2 is 1.32 bits per heavy atom. The predicted molar refractivity (Wildman–Crippen MR) is 67.1 cm³/mol. The predicted octanol–water partition coefficient (Wildman–Crippen LogP) is 1.92. The van der Waals surface area contributed by atoms with Crippen molar-refractivity contribution in [3.05, 3.63) is 35.4 Å². The zero-order chi connectivity index (χ0) is 20.4. The van der Waals surface area contributed by atoms with Gasteiger partial charge in [0.1, 0.15) is 0 Å². The fraction of sp³-hybridized carbons (Fsp3) is 0.167. The summed E-state index contributed by atoms with van der Waals surface area (Å²) in [5, 5.41) is 22.7. The van der Waals surface area contributed by atoms with E-state index >= 15 is 0 Å². The van der Waals surface area contributed by atoms with E-state index in [4.69, 9.17) is 30.8 Å². The average molecular weight is 374 g/mol. The second-order valence-electron chi connectivity index (χ2n) is 3.66. The van der Waals surface area contributed by atoms with Crippen LogP contribution in [-0.4, -0.2) is 40.4 Å². The van der Waals surface area contributed by atoms with Gasteiger partial charge < -0.3 is 15.9 Å². The third kappa shape index (κ3) is 11.9. The van der Waals surface area contributed by atoms with Gasteiger partial charge in [-0.3, -0.25) is 4.79 Å². The Labute approximate surface area is 134 Å². The van der Waals surface area contributed by atoms with Crippen LogP contribution < -0.4 is 5.73 Å². The Balaban J connectivity index is 0. The topological polar surface area (TPSA) is 141 Å². The highest BCUT2D eigenvalue weighted by Crippen LogP contribution is 2.13. The number of halogens is 6. The molecule has 0 heterocycles. The molecule has 0 saturated heterocycles. The Kier molecular flexibility index (Phi) is 9.35. The van der Waals surface area contributed by atoms with Gasteiger partial charge in [0.05, 0.1) is 11.6 Å². The lowest BCUT2D eigenvalue weighted by Crippen LogP contribution is -2.21. The van der Waals surface area contributed by atoms with Gasteiger partial charge in [-0.1, -0.05) is 6.07 Å². The fourth-order valence-electron chi connectivity index (χ4n) is 0.742. The summed E-state index contributed by atoms with van der Waals surface area (Å²) >= 11 is 0. The summed E-state index contributed by atoms with van der Waals surface area (Å²) in [7, 11) is 0. The van der Waals surface area contributed by atoms with Gasteiger partial charge in [-0.05, 0) is 18.2 Å². The number of amides is 1. The summed E-state index contributed by atoms with van der Waals surface area (Å²) in [4.78, 5) is 28.4. The second-order valence-corrected chi connectivity index (χ2v) is 3.66. The van der Waals surface area contributed by atoms with Crippen LogP contribution in [0.2, 0.25) is 0 Å². The highest BCUT2D eigenvalue weighted by atomic mass is 19.4. The molecule has 0 bridgehead atoms. The number of carboxylic acid groups (broad SMARTS) is 2. The maximum Gasteiger partial charge on any atom is 0.490 e. The number of primary amides is 1. The molecule has 25 heavy (non-hydrogen) atoms. The van der Waals surface area contributed by atoms with E-state index in [0.29, 0.717) is 11.1 Å². The molecule has 1 amide bonds. The molecule has 0 unspecified atom stereocenters. The van der Waals surface area contributed by atoms with Crippen LogP contribution in [0.4, 0.5) is 26.3 Å². The van der Waals surface area contributed by atoms with Crippen molar-refractivity contribution in [2.75, 3.05) is 0 Å². The van der Waals surface area contributed by atoms with E-state index in [1.165, 1.54) is 6.07 Å². The second kappa shape index (κ2) is 9.75. The van der Waals surface area contributed by atoms with Crippen molar-refractivity contribution in [1.82, 2.24) is 0 Å². The quantitative estimate of drug-likeness (QED) is 0.641. The van der Waals surface area contributed by atoms with Gasteiger partial charge in [0.25, 0.3) is 0 Å². The van der Waals surface area contributed by atoms with Gasteiger partial charge >= 0.3 is 24.3 Å². The maximum absolute atomic E-state index is 10.6. The Bertz CT molecular complexity index is 639. The minimum absolute atomic E-state index is 0.365. The smallest absolute Gasteiger partial charge is 0.475 e. The maximum atomic E-state index is 10.6. The lowest BCUT2D eigenvalue weighted by molar-refractivity contribution is -0.193. The number of aliphatic carboxylic acids is 2. The van der Waals surface area contributed by atoms with Crippen LogP contribution in [0.3, 0.4) is 0 Å². The molecule has 0 aliphatic rings. The van der Waals surface area contributed by atoms with Crippen molar-refractivity contribution < 1.29 is 50.9 Å². The summed E-state index contributed by atoms with van der Waals surface area (Å²) in [6.07, 6.45) is -10.2. The normalized spacial score (nSPS) is 10.1. The lowest BCUT2D eigenvalue weighted by atomic mass is 10.1. The molecule has 0 saturated carbocycles. The number of hydrogen-bond donors (Lipinski definition) is 3. The SMILES string of the molecule is N#Cc1cccc(C(N)=O)c1.O=C(O)C(F)(F)F.O=C(O)C(F)(F)F. The van der Waals surface area contributed by atoms with Crippen LogP contribution >= 0.6 is 0 Å². The fourth-order valence-corrected chi connectivity index (χ4v) is 0.742. The van der Waals surface area contributed by atoms with Crippen molar-refractivity contribution in [3.63, 3.8) is 0 Å². The zero-order valence-electron chi connectivity index (χ0n) is 11.7. The molecule has 1 rings (SSSR count). The Morgan fingerprint density at radius 1 is 0.960 bits per heavy atom. The standard InChI is InChI=1S/C8H6N2O.2C2HF3O2/c9-5-6-2-1-3-7(4-6)8(10)11;2*3-2(4,5)1(6)7/h1-4H,(H2,10,11);2*(H,6,7). The number of alkyl halides is 6. The average Bonchev–Trinajstić information content (AvgIpc) is 2.46. The van der Waals surface area contributed by atoms with Crippen molar-refractivity contribution in [3.8, 4) is 6.07 Å². The first kappa shape index (κ1) is 24.0. The molecular weight excluding hydrogens is 366 g/mol. The molecule has 1 aromatic carbocycles. The number of nitriles is 1. The summed E-state index contributed by atoms with van der Waals surface area (Å²) in [6.45, 7) is 0. The molecule has 7 nitrogen and oxygen atoms in total. The Hall–Kier alpha value is -3.30. The number of hydrogen-bond acceptors (Lipinski definition) is 4. The van der Waals surface area contributed by atoms with Gasteiger partial charge in [-0.15, -0.1) is 0 Å². The first-order chi connectivity index (χ1) is 11.1. The third-order valence-corrected chi connectivity index (χ3v) is 1.76. The molecule has 0 radical (unpaired) electrons. The number of rotatable bonds is 1. The molecular formula is C12H8F6N2O5. The van der Waals surface area contributed by atoms with Crippen LogP contribution in [0.1, 0.15) is 15.9 Å². The van der Waals surface area contributed by atoms with Crippen LogP contribution in [0.25, 0.3) is 0 Å². The third-order valence-electron chi connectivity index (χ3n) is 1.76. The number of carbonyl (C=O) groups excluding carboxylic acids is 1. The number of carboxylic acids is 2. The van der Waals surface area contributed by atoms with Gasteiger partial charge in [0.15, 0.2) is 0 Å². The minimum atomic E-state index is -5.08. The van der Waals surface area contributed by atoms with Crippen LogP contribution in [0, 0.1) is 11.3 Å². The van der Waals surface area contributed by atoms with E-state index in [2.05, 4.69) is 0 Å². The molecule has 0 atom stereocenters. The van der Waals surface area contributed by atoms with E-state index in [1.54, 1.807) is 18.2 Å². The molecule has 13 heteroatoms. The first-order valence-corrected chi connectivity index (χ1v) is 5.53. The molecule has 0 fully saturated rings. The largest absolute Gasteiger partial charge is 0.490 e. The van der Waals surface area contributed by atoms with E-state index in [9.17, 15) is 31.1 Å². The summed E-state index contributed by atoms with van der Waals surface area (Å²) in [5.41, 5.74) is 5.80. The van der Waals surface area contributed by atoms with E-state index in [0.717, 1.165) is 0 Å². The number of benzene rings is 1. The van der Waals surface area contributed by atoms with Crippen LogP contribution in [0.5, 0.6) is 0 Å². The first-order valence-electron chi connectivity index (χ1n) is 5.53. The van der Waals surface area contributed by atoms with Gasteiger partial charge in [-0.25, -0.2) is 9.59 Å². The molecule has 0 aliphatic heterocycles. The molecule has 4 N–H and O–H groups in total. The van der Waals surface area contributed by atoms with Crippen molar-refractivity contribution >= 4 is 17.8 Å². The van der Waals surface area contributed by atoms with Crippen molar-refractivity contribution in [2.24, 2.45) is 5.73 Å². The zero-order valence-corrected chi connectivity index (χ0v) is 11.7. The van der Waals surface area contributed by atoms with E-state index in [-0.39, 0.29) is 0 Å². The number of nitrogens with zero attached hydrogens (tertiary/aromatic N) is 1. The van der Waals surface area contributed by atoms with Gasteiger partial charge in [0, 0.05) is 5.56 Å². The molecule has 138 valence electrons. The minimum Gasteiger partial charge on any atom is -0.475 e. The molecule has 0 spiro atoms. The summed E-state index contributed by atoms with van der Waals surface area (Å²) < 4.78 is 63.5. The van der Waals surface area contributed by atoms with Gasteiger partial charge in [-0.2, -0.15) is 31.6 Å². The molecule has 0 aromatic heterocycles. The van der Waals surface area contributed by atoms with Crippen LogP contribution in [-0.2, 0) is 9.59 Å². The molecule has 1 aromatic rings. The van der Waals surface area contributed by atoms with Crippen molar-refractivity contribution in [2.45, 2.75) is 12.4 Å². The summed E-state index contributed by atoms with van der Waals surface area (Å²) in [5.74, 6) is -6.03. The van der Waals surface area contributed by atoms with Crippen LogP contribution in [0.15, 0.2) is 24.3 Å². The van der Waals surface area contributed by atoms with Gasteiger partial charge in [0.2, 0.25) is 5.91 Å². The number of nitrogens with two attached hydrogens (primary N) is 1. The molecule has 0 aliphatic carbocycles. The number of carbonyl (C=O) groups is 3. The van der Waals surface area contributed by atoms with E-state index < -0.39 is 30.2 Å². The highest BCUT2D eigenvalue weighted by Gasteiger charge is 2.38. The van der Waals surface area contributed by atoms with E-state index in [1.807, 2.05) is 6.07 Å². The Morgan fingerprint density at radius 3 is 1.56 bits per heavy atom. The summed E-state index contributed by atoms with van der Waals surface area (Å²) in [6, 6.07) is 8.19. The highest BCUT2D eigenvalue weighted by molar-refractivity contribution is 5.93. The lowest BCUT2D eigenvalue weighted by Gasteiger charge is -1.93. The monoisotopic (exact) mass is 374 g/mol. The van der Waals surface area contributed by atoms with Crippen molar-refractivity contribution in [1.29, 1.82) is 5.26 Å².